The fraction of sp³-hybridized carbons (Fsp3) is 0.176. The van der Waals surface area contributed by atoms with Crippen LogP contribution in [0.2, 0.25) is 0 Å². The number of anilines is 1. The van der Waals surface area contributed by atoms with E-state index < -0.39 is 0 Å². The average molecular weight is 261 g/mol. The van der Waals surface area contributed by atoms with E-state index in [9.17, 15) is 0 Å². The van der Waals surface area contributed by atoms with Crippen molar-refractivity contribution >= 4 is 16.6 Å². The van der Waals surface area contributed by atoms with E-state index in [1.54, 1.807) is 0 Å². The summed E-state index contributed by atoms with van der Waals surface area (Å²) in [5.41, 5.74) is 4.97. The van der Waals surface area contributed by atoms with E-state index in [0.29, 0.717) is 5.92 Å². The van der Waals surface area contributed by atoms with Crippen molar-refractivity contribution in [3.8, 4) is 0 Å². The first-order valence-electron chi connectivity index (χ1n) is 6.94. The molecule has 1 N–H and O–H groups in total. The number of aromatic nitrogens is 2. The van der Waals surface area contributed by atoms with Gasteiger partial charge in [0.1, 0.15) is 0 Å². The molecule has 1 aliphatic carbocycles. The Balaban J connectivity index is 1.55. The topological polar surface area (TPSA) is 37.8 Å². The fourth-order valence-corrected chi connectivity index (χ4v) is 2.93. The molecule has 1 atom stereocenters. The first-order chi connectivity index (χ1) is 9.92. The monoisotopic (exact) mass is 261 g/mol. The molecule has 20 heavy (non-hydrogen) atoms. The van der Waals surface area contributed by atoms with Crippen molar-refractivity contribution in [3.05, 3.63) is 65.9 Å². The minimum atomic E-state index is 0.609. The summed E-state index contributed by atoms with van der Waals surface area (Å²) in [4.78, 5) is 0. The van der Waals surface area contributed by atoms with E-state index >= 15 is 0 Å². The summed E-state index contributed by atoms with van der Waals surface area (Å²) in [6.45, 7) is 0.951. The van der Waals surface area contributed by atoms with Crippen molar-refractivity contribution in [3.63, 3.8) is 0 Å². The number of rotatable bonds is 3. The van der Waals surface area contributed by atoms with Gasteiger partial charge in [-0.05, 0) is 23.6 Å². The SMILES string of the molecule is c1ccc2c(c1)CC2CNc1cnnc2ccccc12. The molecule has 0 amide bonds. The number of hydrogen-bond donors (Lipinski definition) is 1. The van der Waals surface area contributed by atoms with Crippen LogP contribution in [0.4, 0.5) is 5.69 Å². The van der Waals surface area contributed by atoms with Gasteiger partial charge in [0.2, 0.25) is 0 Å². The average Bonchev–Trinajstić information content (AvgIpc) is 2.48. The molecule has 3 heteroatoms. The second-order valence-electron chi connectivity index (χ2n) is 5.26. The van der Waals surface area contributed by atoms with Gasteiger partial charge < -0.3 is 5.32 Å². The van der Waals surface area contributed by atoms with Crippen LogP contribution in [0.5, 0.6) is 0 Å². The molecule has 0 saturated carbocycles. The van der Waals surface area contributed by atoms with Crippen LogP contribution in [0.3, 0.4) is 0 Å². The number of benzene rings is 2. The van der Waals surface area contributed by atoms with Crippen molar-refractivity contribution in [2.45, 2.75) is 12.3 Å². The number of fused-ring (bicyclic) bond motifs is 2. The van der Waals surface area contributed by atoms with Crippen LogP contribution in [0.15, 0.2) is 54.7 Å². The molecule has 0 fully saturated rings. The molecule has 0 spiro atoms. The molecular formula is C17H15N3. The third-order valence-corrected chi connectivity index (χ3v) is 4.05. The molecule has 2 aromatic carbocycles. The minimum Gasteiger partial charge on any atom is -0.383 e. The number of nitrogens with one attached hydrogen (secondary N) is 1. The maximum atomic E-state index is 4.15. The predicted molar refractivity (Wildman–Crippen MR) is 80.9 cm³/mol. The third-order valence-electron chi connectivity index (χ3n) is 4.05. The van der Waals surface area contributed by atoms with Crippen LogP contribution in [-0.4, -0.2) is 16.7 Å². The second-order valence-corrected chi connectivity index (χ2v) is 5.26. The van der Waals surface area contributed by atoms with E-state index in [4.69, 9.17) is 0 Å². The van der Waals surface area contributed by atoms with Crippen LogP contribution in [0.1, 0.15) is 17.0 Å². The Hall–Kier alpha value is -2.42. The summed E-state index contributed by atoms with van der Waals surface area (Å²) in [6, 6.07) is 16.8. The molecule has 3 aromatic rings. The molecule has 0 aliphatic heterocycles. The van der Waals surface area contributed by atoms with Gasteiger partial charge in [-0.1, -0.05) is 42.5 Å². The summed E-state index contributed by atoms with van der Waals surface area (Å²) in [5, 5.41) is 12.9. The quantitative estimate of drug-likeness (QED) is 0.785. The molecule has 0 bridgehead atoms. The number of hydrogen-bond acceptors (Lipinski definition) is 3. The van der Waals surface area contributed by atoms with Crippen molar-refractivity contribution in [2.75, 3.05) is 11.9 Å². The van der Waals surface area contributed by atoms with Crippen molar-refractivity contribution in [1.29, 1.82) is 0 Å². The molecule has 0 radical (unpaired) electrons. The van der Waals surface area contributed by atoms with Crippen LogP contribution in [0.25, 0.3) is 10.9 Å². The van der Waals surface area contributed by atoms with Gasteiger partial charge in [0, 0.05) is 17.8 Å². The Bertz CT molecular complexity index is 762. The van der Waals surface area contributed by atoms with Gasteiger partial charge in [-0.2, -0.15) is 10.2 Å². The lowest BCUT2D eigenvalue weighted by Crippen LogP contribution is -2.24. The first kappa shape index (κ1) is 11.4. The van der Waals surface area contributed by atoms with Crippen LogP contribution < -0.4 is 5.32 Å². The molecular weight excluding hydrogens is 246 g/mol. The van der Waals surface area contributed by atoms with Crippen molar-refractivity contribution < 1.29 is 0 Å². The van der Waals surface area contributed by atoms with Crippen molar-refractivity contribution in [2.24, 2.45) is 0 Å². The summed E-state index contributed by atoms with van der Waals surface area (Å²) in [6.07, 6.45) is 2.98. The molecule has 98 valence electrons. The lowest BCUT2D eigenvalue weighted by atomic mass is 9.77. The Morgan fingerprint density at radius 1 is 1.05 bits per heavy atom. The summed E-state index contributed by atoms with van der Waals surface area (Å²) in [7, 11) is 0. The molecule has 1 aromatic heterocycles. The Morgan fingerprint density at radius 2 is 1.90 bits per heavy atom. The second kappa shape index (κ2) is 4.60. The van der Waals surface area contributed by atoms with E-state index in [0.717, 1.165) is 23.1 Å². The molecule has 3 nitrogen and oxygen atoms in total. The van der Waals surface area contributed by atoms with Gasteiger partial charge in [0.25, 0.3) is 0 Å². The molecule has 1 heterocycles. The van der Waals surface area contributed by atoms with Crippen LogP contribution >= 0.6 is 0 Å². The van der Waals surface area contributed by atoms with Crippen LogP contribution in [-0.2, 0) is 6.42 Å². The highest BCUT2D eigenvalue weighted by atomic mass is 15.1. The maximum Gasteiger partial charge on any atom is 0.0950 e. The fourth-order valence-electron chi connectivity index (χ4n) is 2.93. The highest BCUT2D eigenvalue weighted by Crippen LogP contribution is 2.35. The normalized spacial score (nSPS) is 16.5. The van der Waals surface area contributed by atoms with Crippen LogP contribution in [0, 0.1) is 0 Å². The maximum absolute atomic E-state index is 4.15. The zero-order valence-corrected chi connectivity index (χ0v) is 11.1. The summed E-state index contributed by atoms with van der Waals surface area (Å²) in [5.74, 6) is 0.609. The van der Waals surface area contributed by atoms with Gasteiger partial charge >= 0.3 is 0 Å². The van der Waals surface area contributed by atoms with Gasteiger partial charge in [-0.25, -0.2) is 0 Å². The van der Waals surface area contributed by atoms with E-state index in [1.165, 1.54) is 17.5 Å². The predicted octanol–water partition coefficient (Wildman–Crippen LogP) is 3.38. The zero-order chi connectivity index (χ0) is 13.4. The Morgan fingerprint density at radius 3 is 2.85 bits per heavy atom. The highest BCUT2D eigenvalue weighted by molar-refractivity contribution is 5.90. The smallest absolute Gasteiger partial charge is 0.0950 e. The Labute approximate surface area is 117 Å². The summed E-state index contributed by atoms with van der Waals surface area (Å²) >= 11 is 0. The number of nitrogens with zero attached hydrogens (tertiary/aromatic N) is 2. The lowest BCUT2D eigenvalue weighted by molar-refractivity contribution is 0.636. The molecule has 4 rings (SSSR count). The third kappa shape index (κ3) is 1.83. The van der Waals surface area contributed by atoms with E-state index in [2.05, 4.69) is 45.8 Å². The van der Waals surface area contributed by atoms with E-state index in [1.807, 2.05) is 24.4 Å². The Kier molecular flexibility index (Phi) is 2.62. The lowest BCUT2D eigenvalue weighted by Gasteiger charge is -2.30. The van der Waals surface area contributed by atoms with Gasteiger partial charge in [0.05, 0.1) is 17.4 Å². The van der Waals surface area contributed by atoms with E-state index in [-0.39, 0.29) is 0 Å². The minimum absolute atomic E-state index is 0.609. The first-order valence-corrected chi connectivity index (χ1v) is 6.94. The van der Waals surface area contributed by atoms with Gasteiger partial charge in [-0.15, -0.1) is 0 Å². The van der Waals surface area contributed by atoms with Gasteiger partial charge in [-0.3, -0.25) is 0 Å². The van der Waals surface area contributed by atoms with Gasteiger partial charge in [0.15, 0.2) is 0 Å². The zero-order valence-electron chi connectivity index (χ0n) is 11.1. The molecule has 0 saturated heterocycles. The highest BCUT2D eigenvalue weighted by Gasteiger charge is 2.24. The standard InChI is InChI=1S/C17H15N3/c1-2-6-14-12(5-1)9-13(14)10-18-17-11-19-20-16-8-4-3-7-15(16)17/h1-8,11,13H,9-10H2,(H,18,20). The molecule has 1 unspecified atom stereocenters. The molecule has 1 aliphatic rings. The summed E-state index contributed by atoms with van der Waals surface area (Å²) < 4.78 is 0. The van der Waals surface area contributed by atoms with Crippen molar-refractivity contribution in [1.82, 2.24) is 10.2 Å². The largest absolute Gasteiger partial charge is 0.383 e.